The number of hydrogen-bond acceptors (Lipinski definition) is 2. The first kappa shape index (κ1) is 10.5. The molecule has 0 aliphatic carbocycles. The molecule has 1 saturated heterocycles. The molecule has 0 radical (unpaired) electrons. The van der Waals surface area contributed by atoms with Crippen LogP contribution in [0, 0.1) is 5.92 Å². The lowest BCUT2D eigenvalue weighted by Crippen LogP contribution is -2.58. The van der Waals surface area contributed by atoms with Crippen LogP contribution in [0.2, 0.25) is 0 Å². The highest BCUT2D eigenvalue weighted by molar-refractivity contribution is 5.70. The van der Waals surface area contributed by atoms with Gasteiger partial charge in [-0.2, -0.15) is 0 Å². The average Bonchev–Trinajstić information content (AvgIpc) is 1.79. The van der Waals surface area contributed by atoms with E-state index >= 15 is 0 Å². The molecule has 1 fully saturated rings. The van der Waals surface area contributed by atoms with E-state index in [4.69, 9.17) is 5.11 Å². The average molecular weight is 185 g/mol. The van der Waals surface area contributed by atoms with Gasteiger partial charge in [-0.05, 0) is 40.5 Å². The normalized spacial score (nSPS) is 27.1. The van der Waals surface area contributed by atoms with Gasteiger partial charge in [-0.3, -0.25) is 4.79 Å². The molecular formula is C10H19NO2. The largest absolute Gasteiger partial charge is 0.481 e. The van der Waals surface area contributed by atoms with E-state index in [0.717, 1.165) is 0 Å². The maximum atomic E-state index is 10.9. The fraction of sp³-hybridized carbons (Fsp3) is 0.900. The second-order valence-electron chi connectivity index (χ2n) is 5.34. The van der Waals surface area contributed by atoms with E-state index in [2.05, 4.69) is 33.0 Å². The van der Waals surface area contributed by atoms with Crippen molar-refractivity contribution < 1.29 is 9.90 Å². The third-order valence-electron chi connectivity index (χ3n) is 2.54. The Hall–Kier alpha value is -0.570. The highest BCUT2D eigenvalue weighted by atomic mass is 16.4. The molecule has 0 spiro atoms. The zero-order chi connectivity index (χ0) is 10.3. The van der Waals surface area contributed by atoms with Gasteiger partial charge < -0.3 is 10.4 Å². The van der Waals surface area contributed by atoms with Gasteiger partial charge in [-0.15, -0.1) is 0 Å². The summed E-state index contributed by atoms with van der Waals surface area (Å²) in [7, 11) is 0. The monoisotopic (exact) mass is 185 g/mol. The minimum atomic E-state index is -0.664. The Morgan fingerprint density at radius 2 is 1.62 bits per heavy atom. The van der Waals surface area contributed by atoms with E-state index in [0.29, 0.717) is 12.8 Å². The van der Waals surface area contributed by atoms with Gasteiger partial charge in [0.25, 0.3) is 0 Å². The lowest BCUT2D eigenvalue weighted by molar-refractivity contribution is -0.144. The Kier molecular flexibility index (Phi) is 2.41. The van der Waals surface area contributed by atoms with Crippen LogP contribution in [-0.2, 0) is 4.79 Å². The Morgan fingerprint density at radius 3 is 1.92 bits per heavy atom. The lowest BCUT2D eigenvalue weighted by Gasteiger charge is -2.45. The zero-order valence-electron chi connectivity index (χ0n) is 8.85. The van der Waals surface area contributed by atoms with Gasteiger partial charge in [-0.25, -0.2) is 0 Å². The number of hydrogen-bond donors (Lipinski definition) is 2. The SMILES string of the molecule is CC1(C)CC(C(=O)O)CC(C)(C)N1. The minimum absolute atomic E-state index is 0.0647. The quantitative estimate of drug-likeness (QED) is 0.652. The molecule has 0 atom stereocenters. The van der Waals surface area contributed by atoms with E-state index in [1.807, 2.05) is 0 Å². The number of carbonyl (C=O) groups is 1. The van der Waals surface area contributed by atoms with Crippen molar-refractivity contribution in [2.75, 3.05) is 0 Å². The van der Waals surface area contributed by atoms with Crippen molar-refractivity contribution in [3.8, 4) is 0 Å². The number of aliphatic carboxylic acids is 1. The number of nitrogens with one attached hydrogen (secondary N) is 1. The highest BCUT2D eigenvalue weighted by Gasteiger charge is 2.40. The molecule has 0 saturated carbocycles. The number of piperidine rings is 1. The Bertz CT molecular complexity index is 205. The summed E-state index contributed by atoms with van der Waals surface area (Å²) in [5, 5.41) is 12.4. The van der Waals surface area contributed by atoms with E-state index in [-0.39, 0.29) is 17.0 Å². The molecule has 13 heavy (non-hydrogen) atoms. The molecule has 1 heterocycles. The summed E-state index contributed by atoms with van der Waals surface area (Å²) in [4.78, 5) is 10.9. The molecule has 0 unspecified atom stereocenters. The van der Waals surface area contributed by atoms with Crippen molar-refractivity contribution in [1.29, 1.82) is 0 Å². The first-order valence-electron chi connectivity index (χ1n) is 4.74. The summed E-state index contributed by atoms with van der Waals surface area (Å²) in [6.45, 7) is 8.24. The number of rotatable bonds is 1. The van der Waals surface area contributed by atoms with Crippen molar-refractivity contribution in [3.63, 3.8) is 0 Å². The summed E-state index contributed by atoms with van der Waals surface area (Å²) in [5.41, 5.74) is -0.129. The number of carboxylic acid groups (broad SMARTS) is 1. The van der Waals surface area contributed by atoms with Crippen LogP contribution in [-0.4, -0.2) is 22.2 Å². The third kappa shape index (κ3) is 2.69. The number of carboxylic acids is 1. The Morgan fingerprint density at radius 1 is 1.23 bits per heavy atom. The molecule has 0 aromatic heterocycles. The van der Waals surface area contributed by atoms with Crippen LogP contribution < -0.4 is 5.32 Å². The van der Waals surface area contributed by atoms with E-state index < -0.39 is 5.97 Å². The smallest absolute Gasteiger partial charge is 0.306 e. The molecule has 1 aliphatic heterocycles. The van der Waals surface area contributed by atoms with Gasteiger partial charge in [-0.1, -0.05) is 0 Å². The molecular weight excluding hydrogens is 166 g/mol. The standard InChI is InChI=1S/C10H19NO2/c1-9(2)5-7(8(12)13)6-10(3,4)11-9/h7,11H,5-6H2,1-4H3,(H,12,13). The lowest BCUT2D eigenvalue weighted by atomic mass is 9.76. The fourth-order valence-corrected chi connectivity index (χ4v) is 2.50. The predicted molar refractivity (Wildman–Crippen MR) is 51.7 cm³/mol. The van der Waals surface area contributed by atoms with Crippen LogP contribution in [0.3, 0.4) is 0 Å². The summed E-state index contributed by atoms with van der Waals surface area (Å²) in [5.74, 6) is -0.867. The summed E-state index contributed by atoms with van der Waals surface area (Å²) in [6, 6.07) is 0. The van der Waals surface area contributed by atoms with E-state index in [9.17, 15) is 4.79 Å². The maximum absolute atomic E-state index is 10.9. The second kappa shape index (κ2) is 2.98. The first-order valence-corrected chi connectivity index (χ1v) is 4.74. The topological polar surface area (TPSA) is 49.3 Å². The van der Waals surface area contributed by atoms with Crippen molar-refractivity contribution in [3.05, 3.63) is 0 Å². The minimum Gasteiger partial charge on any atom is -0.481 e. The van der Waals surface area contributed by atoms with Crippen LogP contribution in [0.15, 0.2) is 0 Å². The van der Waals surface area contributed by atoms with Crippen molar-refractivity contribution in [2.24, 2.45) is 5.92 Å². The maximum Gasteiger partial charge on any atom is 0.306 e. The van der Waals surface area contributed by atoms with Crippen LogP contribution in [0.4, 0.5) is 0 Å². The predicted octanol–water partition coefficient (Wildman–Crippen LogP) is 1.63. The van der Waals surface area contributed by atoms with Crippen LogP contribution in [0.5, 0.6) is 0 Å². The van der Waals surface area contributed by atoms with E-state index in [1.54, 1.807) is 0 Å². The third-order valence-corrected chi connectivity index (χ3v) is 2.54. The van der Waals surface area contributed by atoms with Crippen LogP contribution in [0.1, 0.15) is 40.5 Å². The van der Waals surface area contributed by atoms with Gasteiger partial charge in [0, 0.05) is 11.1 Å². The Balaban J connectivity index is 2.78. The second-order valence-corrected chi connectivity index (χ2v) is 5.34. The summed E-state index contributed by atoms with van der Waals surface area (Å²) >= 11 is 0. The summed E-state index contributed by atoms with van der Waals surface area (Å²) in [6.07, 6.45) is 1.43. The molecule has 1 aliphatic rings. The van der Waals surface area contributed by atoms with E-state index in [1.165, 1.54) is 0 Å². The van der Waals surface area contributed by atoms with Crippen molar-refractivity contribution in [1.82, 2.24) is 5.32 Å². The summed E-state index contributed by atoms with van der Waals surface area (Å²) < 4.78 is 0. The van der Waals surface area contributed by atoms with Gasteiger partial charge >= 0.3 is 5.97 Å². The molecule has 3 nitrogen and oxygen atoms in total. The molecule has 76 valence electrons. The first-order chi connectivity index (χ1) is 5.72. The van der Waals surface area contributed by atoms with Gasteiger partial charge in [0.05, 0.1) is 5.92 Å². The molecule has 1 rings (SSSR count). The molecule has 0 bridgehead atoms. The molecule has 0 aromatic rings. The highest BCUT2D eigenvalue weighted by Crippen LogP contribution is 2.32. The molecule has 2 N–H and O–H groups in total. The zero-order valence-corrected chi connectivity index (χ0v) is 8.85. The molecule has 3 heteroatoms. The van der Waals surface area contributed by atoms with Gasteiger partial charge in [0.15, 0.2) is 0 Å². The molecule has 0 amide bonds. The van der Waals surface area contributed by atoms with Crippen LogP contribution in [0.25, 0.3) is 0 Å². The van der Waals surface area contributed by atoms with Crippen molar-refractivity contribution in [2.45, 2.75) is 51.6 Å². The van der Waals surface area contributed by atoms with Gasteiger partial charge in [0.1, 0.15) is 0 Å². The van der Waals surface area contributed by atoms with Crippen molar-refractivity contribution >= 4 is 5.97 Å². The van der Waals surface area contributed by atoms with Crippen LogP contribution >= 0.6 is 0 Å². The molecule has 0 aromatic carbocycles. The Labute approximate surface area is 79.5 Å². The van der Waals surface area contributed by atoms with Gasteiger partial charge in [0.2, 0.25) is 0 Å². The fourth-order valence-electron chi connectivity index (χ4n) is 2.50.